The second-order valence-electron chi connectivity index (χ2n) is 4.45. The Labute approximate surface area is 118 Å². The van der Waals surface area contributed by atoms with Crippen molar-refractivity contribution >= 4 is 5.69 Å². The number of ether oxygens (including phenoxy) is 1. The van der Waals surface area contributed by atoms with Crippen LogP contribution in [0.15, 0.2) is 27.8 Å². The van der Waals surface area contributed by atoms with Gasteiger partial charge < -0.3 is 9.72 Å². The van der Waals surface area contributed by atoms with Crippen LogP contribution >= 0.6 is 0 Å². The lowest BCUT2D eigenvalue weighted by atomic mass is 10.0. The fourth-order valence-electron chi connectivity index (χ4n) is 2.03. The molecule has 21 heavy (non-hydrogen) atoms. The van der Waals surface area contributed by atoms with E-state index in [0.29, 0.717) is 16.8 Å². The summed E-state index contributed by atoms with van der Waals surface area (Å²) in [5, 5.41) is 11.0. The molecule has 1 aromatic heterocycles. The monoisotopic (exact) mass is 291 g/mol. The summed E-state index contributed by atoms with van der Waals surface area (Å²) >= 11 is 0. The van der Waals surface area contributed by atoms with E-state index in [1.54, 1.807) is 13.0 Å². The van der Waals surface area contributed by atoms with Crippen LogP contribution in [0, 0.1) is 17.0 Å². The fourth-order valence-corrected chi connectivity index (χ4v) is 2.03. The number of nitro benzene ring substituents is 1. The van der Waals surface area contributed by atoms with Gasteiger partial charge in [-0.15, -0.1) is 0 Å². The summed E-state index contributed by atoms with van der Waals surface area (Å²) in [6.45, 7) is 1.60. The first-order chi connectivity index (χ1) is 9.92. The van der Waals surface area contributed by atoms with Gasteiger partial charge in [0.15, 0.2) is 5.75 Å². The van der Waals surface area contributed by atoms with E-state index in [0.717, 1.165) is 0 Å². The molecular formula is C13H13N3O5. The third-order valence-corrected chi connectivity index (χ3v) is 3.08. The molecule has 8 nitrogen and oxygen atoms in total. The summed E-state index contributed by atoms with van der Waals surface area (Å²) in [5.41, 5.74) is 0.102. The van der Waals surface area contributed by atoms with Gasteiger partial charge in [-0.1, -0.05) is 6.07 Å². The highest BCUT2D eigenvalue weighted by Gasteiger charge is 2.16. The van der Waals surface area contributed by atoms with E-state index in [-0.39, 0.29) is 17.9 Å². The third kappa shape index (κ3) is 2.99. The van der Waals surface area contributed by atoms with Crippen LogP contribution in [0.2, 0.25) is 0 Å². The highest BCUT2D eigenvalue weighted by molar-refractivity contribution is 5.49. The maximum absolute atomic E-state index is 11.8. The largest absolute Gasteiger partial charge is 0.490 e. The van der Waals surface area contributed by atoms with Crippen molar-refractivity contribution in [3.8, 4) is 5.75 Å². The average Bonchev–Trinajstić information content (AvgIpc) is 2.42. The van der Waals surface area contributed by atoms with Gasteiger partial charge in [-0.2, -0.15) is 0 Å². The van der Waals surface area contributed by atoms with Gasteiger partial charge in [0, 0.05) is 23.7 Å². The standard InChI is InChI=1S/C13H13N3O5/c1-7-9(12(17)15-13(18)14-7)5-8-3-4-11(21-2)10(6-8)16(19)20/h3-4,6H,5H2,1-2H3,(H2,14,15,17,18). The van der Waals surface area contributed by atoms with Crippen LogP contribution in [-0.2, 0) is 6.42 Å². The first kappa shape index (κ1) is 14.5. The molecule has 0 saturated carbocycles. The number of hydrogen-bond acceptors (Lipinski definition) is 5. The summed E-state index contributed by atoms with van der Waals surface area (Å²) in [7, 11) is 1.35. The molecule has 2 aromatic rings. The molecule has 0 atom stereocenters. The minimum absolute atomic E-state index is 0.149. The summed E-state index contributed by atoms with van der Waals surface area (Å²) in [6, 6.07) is 4.46. The van der Waals surface area contributed by atoms with E-state index in [1.807, 2.05) is 0 Å². The lowest BCUT2D eigenvalue weighted by Gasteiger charge is -2.06. The SMILES string of the molecule is COc1ccc(Cc2c(C)[nH]c(=O)[nH]c2=O)cc1[N+](=O)[O-]. The number of rotatable bonds is 4. The minimum atomic E-state index is -0.582. The summed E-state index contributed by atoms with van der Waals surface area (Å²) in [6.07, 6.45) is 0.169. The number of nitrogens with one attached hydrogen (secondary N) is 2. The number of benzene rings is 1. The topological polar surface area (TPSA) is 118 Å². The number of H-pyrrole nitrogens is 2. The van der Waals surface area contributed by atoms with Crippen LogP contribution in [0.5, 0.6) is 5.75 Å². The molecule has 0 spiro atoms. The van der Waals surface area contributed by atoms with E-state index < -0.39 is 16.2 Å². The molecule has 0 bridgehead atoms. The summed E-state index contributed by atoms with van der Waals surface area (Å²) in [4.78, 5) is 37.9. The minimum Gasteiger partial charge on any atom is -0.490 e. The predicted molar refractivity (Wildman–Crippen MR) is 74.9 cm³/mol. The van der Waals surface area contributed by atoms with Gasteiger partial charge in [0.1, 0.15) is 0 Å². The Morgan fingerprint density at radius 2 is 2.00 bits per heavy atom. The van der Waals surface area contributed by atoms with Gasteiger partial charge >= 0.3 is 11.4 Å². The van der Waals surface area contributed by atoms with Crippen LogP contribution in [0.4, 0.5) is 5.69 Å². The molecule has 0 fully saturated rings. The predicted octanol–water partition coefficient (Wildman–Crippen LogP) is 0.879. The summed E-state index contributed by atoms with van der Waals surface area (Å²) < 4.78 is 4.92. The molecule has 2 rings (SSSR count). The Morgan fingerprint density at radius 3 is 2.57 bits per heavy atom. The van der Waals surface area contributed by atoms with Gasteiger partial charge in [-0.25, -0.2) is 4.79 Å². The molecule has 0 aliphatic carbocycles. The van der Waals surface area contributed by atoms with Gasteiger partial charge in [0.25, 0.3) is 5.56 Å². The third-order valence-electron chi connectivity index (χ3n) is 3.08. The number of methoxy groups -OCH3 is 1. The molecule has 110 valence electrons. The Kier molecular flexibility index (Phi) is 3.88. The smallest absolute Gasteiger partial charge is 0.325 e. The van der Waals surface area contributed by atoms with Crippen molar-refractivity contribution in [1.82, 2.24) is 9.97 Å². The first-order valence-corrected chi connectivity index (χ1v) is 6.05. The molecule has 8 heteroatoms. The Morgan fingerprint density at radius 1 is 1.29 bits per heavy atom. The normalized spacial score (nSPS) is 10.4. The maximum atomic E-state index is 11.8. The van der Waals surface area contributed by atoms with Crippen LogP contribution in [0.3, 0.4) is 0 Å². The molecule has 0 unspecified atom stereocenters. The van der Waals surface area contributed by atoms with E-state index >= 15 is 0 Å². The van der Waals surface area contributed by atoms with Crippen LogP contribution in [0.1, 0.15) is 16.8 Å². The van der Waals surface area contributed by atoms with E-state index in [4.69, 9.17) is 4.74 Å². The lowest BCUT2D eigenvalue weighted by Crippen LogP contribution is -2.27. The van der Waals surface area contributed by atoms with Crippen molar-refractivity contribution in [2.24, 2.45) is 0 Å². The molecule has 1 heterocycles. The molecule has 0 aliphatic heterocycles. The zero-order chi connectivity index (χ0) is 15.6. The van der Waals surface area contributed by atoms with E-state index in [2.05, 4.69) is 9.97 Å². The number of nitrogens with zero attached hydrogens (tertiary/aromatic N) is 1. The number of aryl methyl sites for hydroxylation is 1. The van der Waals surface area contributed by atoms with E-state index in [9.17, 15) is 19.7 Å². The molecule has 0 saturated heterocycles. The maximum Gasteiger partial charge on any atom is 0.325 e. The highest BCUT2D eigenvalue weighted by atomic mass is 16.6. The molecule has 0 aliphatic rings. The van der Waals surface area contributed by atoms with Crippen LogP contribution < -0.4 is 16.0 Å². The number of aromatic amines is 2. The zero-order valence-electron chi connectivity index (χ0n) is 11.4. The highest BCUT2D eigenvalue weighted by Crippen LogP contribution is 2.28. The molecule has 0 radical (unpaired) electrons. The van der Waals surface area contributed by atoms with Gasteiger partial charge in [0.05, 0.1) is 12.0 Å². The molecule has 0 amide bonds. The van der Waals surface area contributed by atoms with Gasteiger partial charge in [-0.05, 0) is 18.6 Å². The van der Waals surface area contributed by atoms with Gasteiger partial charge in [0.2, 0.25) is 0 Å². The Hall–Kier alpha value is -2.90. The van der Waals surface area contributed by atoms with Gasteiger partial charge in [-0.3, -0.25) is 19.9 Å². The van der Waals surface area contributed by atoms with Crippen molar-refractivity contribution in [2.45, 2.75) is 13.3 Å². The van der Waals surface area contributed by atoms with Crippen LogP contribution in [0.25, 0.3) is 0 Å². The van der Waals surface area contributed by atoms with Crippen molar-refractivity contribution < 1.29 is 9.66 Å². The zero-order valence-corrected chi connectivity index (χ0v) is 11.4. The average molecular weight is 291 g/mol. The van der Waals surface area contributed by atoms with Crippen molar-refractivity contribution in [1.29, 1.82) is 0 Å². The van der Waals surface area contributed by atoms with Crippen molar-refractivity contribution in [2.75, 3.05) is 7.11 Å². The first-order valence-electron chi connectivity index (χ1n) is 6.05. The van der Waals surface area contributed by atoms with Crippen molar-refractivity contribution in [3.05, 3.63) is 66.0 Å². The summed E-state index contributed by atoms with van der Waals surface area (Å²) in [5.74, 6) is 0.149. The van der Waals surface area contributed by atoms with E-state index in [1.165, 1.54) is 19.2 Å². The molecular weight excluding hydrogens is 278 g/mol. The van der Waals surface area contributed by atoms with Crippen molar-refractivity contribution in [3.63, 3.8) is 0 Å². The molecule has 1 aromatic carbocycles. The quantitative estimate of drug-likeness (QED) is 0.640. The molecule has 2 N–H and O–H groups in total. The second-order valence-corrected chi connectivity index (χ2v) is 4.45. The fraction of sp³-hybridized carbons (Fsp3) is 0.231. The van der Waals surface area contributed by atoms with Crippen LogP contribution in [-0.4, -0.2) is 22.0 Å². The number of nitro groups is 1. The number of hydrogen-bond donors (Lipinski definition) is 2. The lowest BCUT2D eigenvalue weighted by molar-refractivity contribution is -0.385. The number of aromatic nitrogens is 2. The Balaban J connectivity index is 2.46. The Bertz CT molecular complexity index is 806. The second kappa shape index (κ2) is 5.61.